The second-order valence-corrected chi connectivity index (χ2v) is 4.85. The third-order valence-electron chi connectivity index (χ3n) is 3.42. The molecule has 2 heteroatoms. The fraction of sp³-hybridized carbons (Fsp3) is 0.600. The molecule has 1 aromatic rings. The molecule has 1 unspecified atom stereocenters. The Bertz CT molecular complexity index is 337. The van der Waals surface area contributed by atoms with Gasteiger partial charge in [-0.3, -0.25) is 0 Å². The van der Waals surface area contributed by atoms with Crippen LogP contribution in [0.25, 0.3) is 0 Å². The van der Waals surface area contributed by atoms with Crippen LogP contribution in [0.1, 0.15) is 45.1 Å². The van der Waals surface area contributed by atoms with Crippen LogP contribution >= 0.6 is 0 Å². The van der Waals surface area contributed by atoms with Crippen LogP contribution in [0.3, 0.4) is 0 Å². The molecule has 2 nitrogen and oxygen atoms in total. The van der Waals surface area contributed by atoms with Gasteiger partial charge in [0.15, 0.2) is 0 Å². The molecule has 0 amide bonds. The zero-order valence-electron chi connectivity index (χ0n) is 11.3. The molecule has 2 N–H and O–H groups in total. The highest BCUT2D eigenvalue weighted by molar-refractivity contribution is 5.29. The summed E-state index contributed by atoms with van der Waals surface area (Å²) in [6, 6.07) is 8.22. The maximum absolute atomic E-state index is 6.47. The van der Waals surface area contributed by atoms with E-state index in [1.165, 1.54) is 18.4 Å². The van der Waals surface area contributed by atoms with Gasteiger partial charge in [-0.1, -0.05) is 38.8 Å². The Balaban J connectivity index is 2.71. The van der Waals surface area contributed by atoms with Crippen LogP contribution in [0.4, 0.5) is 0 Å². The summed E-state index contributed by atoms with van der Waals surface area (Å²) in [5.41, 5.74) is 7.67. The second-order valence-electron chi connectivity index (χ2n) is 4.85. The maximum atomic E-state index is 6.47. The van der Waals surface area contributed by atoms with Gasteiger partial charge < -0.3 is 10.5 Å². The van der Waals surface area contributed by atoms with Crippen molar-refractivity contribution in [1.82, 2.24) is 0 Å². The Morgan fingerprint density at radius 2 is 2.06 bits per heavy atom. The first-order valence-corrected chi connectivity index (χ1v) is 6.55. The summed E-state index contributed by atoms with van der Waals surface area (Å²) in [6.45, 7) is 4.39. The summed E-state index contributed by atoms with van der Waals surface area (Å²) in [6.07, 6.45) is 5.45. The van der Waals surface area contributed by atoms with Gasteiger partial charge in [0.2, 0.25) is 0 Å². The van der Waals surface area contributed by atoms with Crippen LogP contribution in [-0.2, 0) is 6.42 Å². The molecule has 0 saturated heterocycles. The lowest BCUT2D eigenvalue weighted by Gasteiger charge is -2.28. The van der Waals surface area contributed by atoms with Crippen LogP contribution < -0.4 is 10.5 Å². The molecule has 0 fully saturated rings. The molecule has 1 aromatic carbocycles. The van der Waals surface area contributed by atoms with Crippen molar-refractivity contribution in [3.8, 4) is 5.75 Å². The molecule has 0 aromatic heterocycles. The van der Waals surface area contributed by atoms with Crippen molar-refractivity contribution in [2.75, 3.05) is 7.11 Å². The Hall–Kier alpha value is -1.02. The van der Waals surface area contributed by atoms with Crippen LogP contribution in [-0.4, -0.2) is 12.6 Å². The van der Waals surface area contributed by atoms with Crippen molar-refractivity contribution < 1.29 is 4.74 Å². The summed E-state index contributed by atoms with van der Waals surface area (Å²) < 4.78 is 5.24. The first-order chi connectivity index (χ1) is 8.13. The zero-order valence-corrected chi connectivity index (χ0v) is 11.3. The molecule has 0 radical (unpaired) electrons. The predicted octanol–water partition coefficient (Wildman–Crippen LogP) is 3.54. The van der Waals surface area contributed by atoms with Gasteiger partial charge in [0, 0.05) is 5.54 Å². The van der Waals surface area contributed by atoms with E-state index in [1.807, 2.05) is 12.1 Å². The average Bonchev–Trinajstić information content (AvgIpc) is 2.36. The van der Waals surface area contributed by atoms with E-state index in [0.29, 0.717) is 0 Å². The SMILES string of the molecule is CCCCC(N)(CC)Cc1cccc(OC)c1. The lowest BCUT2D eigenvalue weighted by molar-refractivity contribution is 0.363. The quantitative estimate of drug-likeness (QED) is 0.784. The summed E-state index contributed by atoms with van der Waals surface area (Å²) in [4.78, 5) is 0. The van der Waals surface area contributed by atoms with Gasteiger partial charge in [-0.15, -0.1) is 0 Å². The van der Waals surface area contributed by atoms with E-state index in [-0.39, 0.29) is 5.54 Å². The van der Waals surface area contributed by atoms with Crippen molar-refractivity contribution in [1.29, 1.82) is 0 Å². The molecule has 0 bridgehead atoms. The first-order valence-electron chi connectivity index (χ1n) is 6.55. The Labute approximate surface area is 105 Å². The van der Waals surface area contributed by atoms with Crippen molar-refractivity contribution in [2.45, 2.75) is 51.5 Å². The highest BCUT2D eigenvalue weighted by Crippen LogP contribution is 2.23. The average molecular weight is 235 g/mol. The number of hydrogen-bond donors (Lipinski definition) is 1. The van der Waals surface area contributed by atoms with Gasteiger partial charge >= 0.3 is 0 Å². The number of hydrogen-bond acceptors (Lipinski definition) is 2. The number of ether oxygens (including phenoxy) is 1. The molecular formula is C15H25NO. The Morgan fingerprint density at radius 3 is 2.65 bits per heavy atom. The van der Waals surface area contributed by atoms with Crippen molar-refractivity contribution >= 4 is 0 Å². The predicted molar refractivity (Wildman–Crippen MR) is 73.4 cm³/mol. The standard InChI is InChI=1S/C15H25NO/c1-4-6-10-15(16,5-2)12-13-8-7-9-14(11-13)17-3/h7-9,11H,4-6,10,12,16H2,1-3H3. The molecule has 0 spiro atoms. The minimum Gasteiger partial charge on any atom is -0.497 e. The largest absolute Gasteiger partial charge is 0.497 e. The number of benzene rings is 1. The summed E-state index contributed by atoms with van der Waals surface area (Å²) in [7, 11) is 1.70. The molecular weight excluding hydrogens is 210 g/mol. The normalized spacial score (nSPS) is 14.4. The molecule has 17 heavy (non-hydrogen) atoms. The molecule has 0 aliphatic rings. The Morgan fingerprint density at radius 1 is 1.29 bits per heavy atom. The van der Waals surface area contributed by atoms with Gasteiger partial charge in [0.25, 0.3) is 0 Å². The van der Waals surface area contributed by atoms with Gasteiger partial charge in [-0.25, -0.2) is 0 Å². The van der Waals surface area contributed by atoms with Crippen molar-refractivity contribution in [3.05, 3.63) is 29.8 Å². The highest BCUT2D eigenvalue weighted by Gasteiger charge is 2.22. The van der Waals surface area contributed by atoms with E-state index in [0.717, 1.165) is 25.0 Å². The van der Waals surface area contributed by atoms with Crippen LogP contribution in [0, 0.1) is 0 Å². The minimum absolute atomic E-state index is 0.0671. The molecule has 1 atom stereocenters. The van der Waals surface area contributed by atoms with Gasteiger partial charge in [0.1, 0.15) is 5.75 Å². The van der Waals surface area contributed by atoms with E-state index >= 15 is 0 Å². The lowest BCUT2D eigenvalue weighted by Crippen LogP contribution is -2.41. The molecule has 0 heterocycles. The number of nitrogens with two attached hydrogens (primary N) is 1. The lowest BCUT2D eigenvalue weighted by atomic mass is 9.84. The zero-order chi connectivity index (χ0) is 12.7. The van der Waals surface area contributed by atoms with E-state index in [9.17, 15) is 0 Å². The molecule has 1 rings (SSSR count). The molecule has 0 aliphatic heterocycles. The fourth-order valence-corrected chi connectivity index (χ4v) is 2.11. The smallest absolute Gasteiger partial charge is 0.119 e. The molecule has 96 valence electrons. The third-order valence-corrected chi connectivity index (χ3v) is 3.42. The van der Waals surface area contributed by atoms with E-state index in [1.54, 1.807) is 7.11 Å². The molecule has 0 aliphatic carbocycles. The minimum atomic E-state index is -0.0671. The summed E-state index contributed by atoms with van der Waals surface area (Å²) in [5, 5.41) is 0. The van der Waals surface area contributed by atoms with Crippen molar-refractivity contribution in [3.63, 3.8) is 0 Å². The molecule has 0 saturated carbocycles. The summed E-state index contributed by atoms with van der Waals surface area (Å²) >= 11 is 0. The monoisotopic (exact) mass is 235 g/mol. The van der Waals surface area contributed by atoms with E-state index in [4.69, 9.17) is 10.5 Å². The number of rotatable bonds is 7. The second kappa shape index (κ2) is 6.65. The number of unbranched alkanes of at least 4 members (excludes halogenated alkanes) is 1. The Kier molecular flexibility index (Phi) is 5.49. The van der Waals surface area contributed by atoms with Gasteiger partial charge in [-0.2, -0.15) is 0 Å². The summed E-state index contributed by atoms with van der Waals surface area (Å²) in [5.74, 6) is 0.913. The van der Waals surface area contributed by atoms with E-state index in [2.05, 4.69) is 26.0 Å². The third kappa shape index (κ3) is 4.39. The number of methoxy groups -OCH3 is 1. The highest BCUT2D eigenvalue weighted by atomic mass is 16.5. The maximum Gasteiger partial charge on any atom is 0.119 e. The van der Waals surface area contributed by atoms with Crippen LogP contribution in [0.15, 0.2) is 24.3 Å². The van der Waals surface area contributed by atoms with Crippen molar-refractivity contribution in [2.24, 2.45) is 5.73 Å². The van der Waals surface area contributed by atoms with Crippen LogP contribution in [0.2, 0.25) is 0 Å². The first kappa shape index (κ1) is 14.0. The van der Waals surface area contributed by atoms with Gasteiger partial charge in [-0.05, 0) is 37.0 Å². The van der Waals surface area contributed by atoms with E-state index < -0.39 is 0 Å². The topological polar surface area (TPSA) is 35.2 Å². The van der Waals surface area contributed by atoms with Gasteiger partial charge in [0.05, 0.1) is 7.11 Å². The van der Waals surface area contributed by atoms with Crippen LogP contribution in [0.5, 0.6) is 5.75 Å². The fourth-order valence-electron chi connectivity index (χ4n) is 2.11.